The molecule has 0 bridgehead atoms. The normalized spacial score (nSPS) is 10.0. The molecule has 3 amide bonds. The van der Waals surface area contributed by atoms with E-state index in [2.05, 4.69) is 21.2 Å². The standard InChI is InChI=1S/C18H20N4O6S/c1-11-10-29-16(20-11)7-14(23)21-22-15(24)9-28-17(25)8-19-18(26)12-4-3-5-13(6-12)27-2/h3-6,10H,7-9H2,1-2H3,(H,19,26)(H,21,23)(H,22,24). The summed E-state index contributed by atoms with van der Waals surface area (Å²) in [7, 11) is 1.47. The summed E-state index contributed by atoms with van der Waals surface area (Å²) < 4.78 is 9.76. The number of methoxy groups -OCH3 is 1. The molecule has 29 heavy (non-hydrogen) atoms. The SMILES string of the molecule is COc1cccc(C(=O)NCC(=O)OCC(=O)NNC(=O)Cc2nc(C)cs2)c1. The van der Waals surface area contributed by atoms with Gasteiger partial charge in [-0.15, -0.1) is 11.3 Å². The zero-order valence-corrected chi connectivity index (χ0v) is 16.6. The molecule has 0 aliphatic rings. The van der Waals surface area contributed by atoms with E-state index >= 15 is 0 Å². The predicted molar refractivity (Wildman–Crippen MR) is 103 cm³/mol. The van der Waals surface area contributed by atoms with Crippen LogP contribution in [0.4, 0.5) is 0 Å². The molecule has 2 rings (SSSR count). The van der Waals surface area contributed by atoms with Crippen molar-refractivity contribution >= 4 is 35.0 Å². The first-order chi connectivity index (χ1) is 13.9. The minimum absolute atomic E-state index is 0.0227. The first kappa shape index (κ1) is 21.8. The van der Waals surface area contributed by atoms with Crippen LogP contribution >= 0.6 is 11.3 Å². The van der Waals surface area contributed by atoms with Crippen molar-refractivity contribution in [1.29, 1.82) is 0 Å². The van der Waals surface area contributed by atoms with Gasteiger partial charge in [-0.1, -0.05) is 6.07 Å². The Balaban J connectivity index is 1.64. The van der Waals surface area contributed by atoms with Gasteiger partial charge in [0.15, 0.2) is 6.61 Å². The van der Waals surface area contributed by atoms with Crippen LogP contribution < -0.4 is 20.9 Å². The Morgan fingerprint density at radius 1 is 1.14 bits per heavy atom. The molecule has 0 radical (unpaired) electrons. The molecule has 0 aliphatic carbocycles. The third kappa shape index (κ3) is 7.58. The molecule has 0 saturated carbocycles. The van der Waals surface area contributed by atoms with E-state index in [1.807, 2.05) is 12.3 Å². The summed E-state index contributed by atoms with van der Waals surface area (Å²) in [5.74, 6) is -1.97. The molecule has 3 N–H and O–H groups in total. The number of thiazole rings is 1. The largest absolute Gasteiger partial charge is 0.497 e. The van der Waals surface area contributed by atoms with E-state index in [4.69, 9.17) is 9.47 Å². The number of ether oxygens (including phenoxy) is 2. The molecule has 10 nitrogen and oxygen atoms in total. The molecule has 0 aliphatic heterocycles. The number of hydrogen-bond acceptors (Lipinski definition) is 8. The minimum Gasteiger partial charge on any atom is -0.497 e. The molecular formula is C18H20N4O6S. The third-order valence-electron chi connectivity index (χ3n) is 3.41. The van der Waals surface area contributed by atoms with E-state index in [9.17, 15) is 19.2 Å². The second-order valence-electron chi connectivity index (χ2n) is 5.73. The predicted octanol–water partition coefficient (Wildman–Crippen LogP) is 0.123. The lowest BCUT2D eigenvalue weighted by Crippen LogP contribution is -2.44. The van der Waals surface area contributed by atoms with Crippen molar-refractivity contribution in [2.24, 2.45) is 0 Å². The van der Waals surface area contributed by atoms with Crippen LogP contribution in [-0.2, 0) is 25.5 Å². The number of hydrazine groups is 1. The van der Waals surface area contributed by atoms with E-state index in [0.717, 1.165) is 5.69 Å². The number of rotatable bonds is 8. The van der Waals surface area contributed by atoms with Gasteiger partial charge in [-0.25, -0.2) is 4.98 Å². The Morgan fingerprint density at radius 2 is 1.90 bits per heavy atom. The molecule has 0 unspecified atom stereocenters. The van der Waals surface area contributed by atoms with Crippen molar-refractivity contribution < 1.29 is 28.7 Å². The van der Waals surface area contributed by atoms with Gasteiger partial charge in [-0.2, -0.15) is 0 Å². The highest BCUT2D eigenvalue weighted by molar-refractivity contribution is 7.09. The van der Waals surface area contributed by atoms with Gasteiger partial charge in [0.2, 0.25) is 5.91 Å². The summed E-state index contributed by atoms with van der Waals surface area (Å²) in [5, 5.41) is 4.81. The molecule has 0 saturated heterocycles. The van der Waals surface area contributed by atoms with Crippen molar-refractivity contribution in [3.05, 3.63) is 45.9 Å². The van der Waals surface area contributed by atoms with Crippen molar-refractivity contribution in [3.8, 4) is 5.75 Å². The van der Waals surface area contributed by atoms with Crippen molar-refractivity contribution in [2.75, 3.05) is 20.3 Å². The molecule has 1 aromatic carbocycles. The van der Waals surface area contributed by atoms with Crippen LogP contribution in [0, 0.1) is 6.92 Å². The van der Waals surface area contributed by atoms with Crippen LogP contribution in [0.5, 0.6) is 5.75 Å². The second-order valence-corrected chi connectivity index (χ2v) is 6.67. The highest BCUT2D eigenvalue weighted by Crippen LogP contribution is 2.12. The summed E-state index contributed by atoms with van der Waals surface area (Å²) in [6.45, 7) is 0.788. The number of carbonyl (C=O) groups excluding carboxylic acids is 4. The van der Waals surface area contributed by atoms with Crippen molar-refractivity contribution in [2.45, 2.75) is 13.3 Å². The fourth-order valence-electron chi connectivity index (χ4n) is 2.06. The number of nitrogens with one attached hydrogen (secondary N) is 3. The molecule has 0 fully saturated rings. The zero-order chi connectivity index (χ0) is 21.2. The van der Waals surface area contributed by atoms with E-state index in [1.165, 1.54) is 24.5 Å². The summed E-state index contributed by atoms with van der Waals surface area (Å²) in [6.07, 6.45) is 0.0227. The fourth-order valence-corrected chi connectivity index (χ4v) is 2.83. The molecule has 1 heterocycles. The number of aryl methyl sites for hydroxylation is 1. The molecule has 0 atom stereocenters. The summed E-state index contributed by atoms with van der Waals surface area (Å²) in [6, 6.07) is 6.40. The van der Waals surface area contributed by atoms with Crippen LogP contribution in [0.1, 0.15) is 21.1 Å². The molecule has 1 aromatic heterocycles. The van der Waals surface area contributed by atoms with Gasteiger partial charge >= 0.3 is 5.97 Å². The van der Waals surface area contributed by atoms with Gasteiger partial charge in [0, 0.05) is 16.6 Å². The van der Waals surface area contributed by atoms with E-state index in [1.54, 1.807) is 18.2 Å². The number of hydrogen-bond donors (Lipinski definition) is 3. The summed E-state index contributed by atoms with van der Waals surface area (Å²) in [5.41, 5.74) is 5.46. The maximum atomic E-state index is 12.0. The monoisotopic (exact) mass is 420 g/mol. The number of aromatic nitrogens is 1. The maximum Gasteiger partial charge on any atom is 0.325 e. The van der Waals surface area contributed by atoms with Crippen LogP contribution in [-0.4, -0.2) is 48.9 Å². The number of nitrogens with zero attached hydrogens (tertiary/aromatic N) is 1. The van der Waals surface area contributed by atoms with E-state index in [0.29, 0.717) is 16.3 Å². The van der Waals surface area contributed by atoms with Crippen LogP contribution in [0.25, 0.3) is 0 Å². The zero-order valence-electron chi connectivity index (χ0n) is 15.8. The van der Waals surface area contributed by atoms with Crippen LogP contribution in [0.2, 0.25) is 0 Å². The number of carbonyl (C=O) groups is 4. The Hall–Kier alpha value is -3.47. The average molecular weight is 420 g/mol. The van der Waals surface area contributed by atoms with Crippen LogP contribution in [0.15, 0.2) is 29.6 Å². The number of esters is 1. The van der Waals surface area contributed by atoms with Gasteiger partial charge in [0.05, 0.1) is 13.5 Å². The highest BCUT2D eigenvalue weighted by Gasteiger charge is 2.12. The lowest BCUT2D eigenvalue weighted by molar-refractivity contribution is -0.148. The first-order valence-electron chi connectivity index (χ1n) is 8.44. The third-order valence-corrected chi connectivity index (χ3v) is 4.38. The van der Waals surface area contributed by atoms with E-state index in [-0.39, 0.29) is 6.42 Å². The average Bonchev–Trinajstić information content (AvgIpc) is 3.13. The smallest absolute Gasteiger partial charge is 0.325 e. The van der Waals surface area contributed by atoms with Gasteiger partial charge < -0.3 is 14.8 Å². The topological polar surface area (TPSA) is 136 Å². The van der Waals surface area contributed by atoms with Gasteiger partial charge in [-0.3, -0.25) is 30.0 Å². The lowest BCUT2D eigenvalue weighted by atomic mass is 10.2. The van der Waals surface area contributed by atoms with Gasteiger partial charge in [-0.05, 0) is 25.1 Å². The highest BCUT2D eigenvalue weighted by atomic mass is 32.1. The molecular weight excluding hydrogens is 400 g/mol. The fraction of sp³-hybridized carbons (Fsp3) is 0.278. The summed E-state index contributed by atoms with van der Waals surface area (Å²) in [4.78, 5) is 51.1. The van der Waals surface area contributed by atoms with Crippen LogP contribution in [0.3, 0.4) is 0 Å². The molecule has 0 spiro atoms. The molecule has 2 aromatic rings. The molecule has 154 valence electrons. The number of amides is 3. The Labute approximate surface area is 170 Å². The van der Waals surface area contributed by atoms with Crippen molar-refractivity contribution in [1.82, 2.24) is 21.2 Å². The Bertz CT molecular complexity index is 898. The van der Waals surface area contributed by atoms with E-state index < -0.39 is 36.8 Å². The van der Waals surface area contributed by atoms with Gasteiger partial charge in [0.1, 0.15) is 17.3 Å². The van der Waals surface area contributed by atoms with Gasteiger partial charge in [0.25, 0.3) is 11.8 Å². The Morgan fingerprint density at radius 3 is 2.59 bits per heavy atom. The lowest BCUT2D eigenvalue weighted by Gasteiger charge is -2.08. The second kappa shape index (κ2) is 10.8. The molecule has 11 heteroatoms. The Kier molecular flexibility index (Phi) is 8.10. The first-order valence-corrected chi connectivity index (χ1v) is 9.32. The minimum atomic E-state index is -0.805. The van der Waals surface area contributed by atoms with Crippen molar-refractivity contribution in [3.63, 3.8) is 0 Å². The number of benzene rings is 1. The summed E-state index contributed by atoms with van der Waals surface area (Å²) >= 11 is 1.34. The maximum absolute atomic E-state index is 12.0. The quantitative estimate of drug-likeness (QED) is 0.408.